The van der Waals surface area contributed by atoms with Gasteiger partial charge in [0.05, 0.1) is 0 Å². The number of hydrogen-bond donors (Lipinski definition) is 0. The SMILES string of the molecule is CCC1=CC(CC)C=C1C(C)=O. The van der Waals surface area contributed by atoms with E-state index in [9.17, 15) is 4.79 Å². The van der Waals surface area contributed by atoms with Gasteiger partial charge < -0.3 is 0 Å². The van der Waals surface area contributed by atoms with Crippen molar-refractivity contribution in [3.05, 3.63) is 23.3 Å². The highest BCUT2D eigenvalue weighted by Crippen LogP contribution is 2.28. The van der Waals surface area contributed by atoms with Crippen molar-refractivity contribution >= 4 is 5.78 Å². The first-order valence-electron chi connectivity index (χ1n) is 4.62. The van der Waals surface area contributed by atoms with Crippen LogP contribution in [0.3, 0.4) is 0 Å². The Labute approximate surface area is 74.2 Å². The van der Waals surface area contributed by atoms with Crippen molar-refractivity contribution < 1.29 is 4.79 Å². The van der Waals surface area contributed by atoms with Crippen LogP contribution in [0, 0.1) is 5.92 Å². The molecule has 12 heavy (non-hydrogen) atoms. The summed E-state index contributed by atoms with van der Waals surface area (Å²) < 4.78 is 0. The zero-order valence-corrected chi connectivity index (χ0v) is 8.05. The average molecular weight is 164 g/mol. The van der Waals surface area contributed by atoms with Crippen LogP contribution in [0.25, 0.3) is 0 Å². The van der Waals surface area contributed by atoms with E-state index in [2.05, 4.69) is 26.0 Å². The summed E-state index contributed by atoms with van der Waals surface area (Å²) in [5.41, 5.74) is 2.18. The quantitative estimate of drug-likeness (QED) is 0.626. The molecule has 0 aliphatic heterocycles. The van der Waals surface area contributed by atoms with E-state index in [4.69, 9.17) is 0 Å². The summed E-state index contributed by atoms with van der Waals surface area (Å²) in [6, 6.07) is 0. The third kappa shape index (κ3) is 1.66. The van der Waals surface area contributed by atoms with Crippen LogP contribution in [0.5, 0.6) is 0 Å². The summed E-state index contributed by atoms with van der Waals surface area (Å²) in [7, 11) is 0. The van der Waals surface area contributed by atoms with Crippen molar-refractivity contribution in [3.63, 3.8) is 0 Å². The van der Waals surface area contributed by atoms with Crippen molar-refractivity contribution in [1.82, 2.24) is 0 Å². The Morgan fingerprint density at radius 1 is 1.42 bits per heavy atom. The number of ketones is 1. The molecule has 0 bridgehead atoms. The lowest BCUT2D eigenvalue weighted by molar-refractivity contribution is -0.113. The van der Waals surface area contributed by atoms with Crippen LogP contribution in [0.2, 0.25) is 0 Å². The summed E-state index contributed by atoms with van der Waals surface area (Å²) in [6.07, 6.45) is 6.39. The maximum Gasteiger partial charge on any atom is 0.159 e. The number of rotatable bonds is 3. The average Bonchev–Trinajstić information content (AvgIpc) is 2.47. The van der Waals surface area contributed by atoms with Gasteiger partial charge in [0.15, 0.2) is 5.78 Å². The molecule has 1 rings (SSSR count). The minimum atomic E-state index is 0.207. The van der Waals surface area contributed by atoms with E-state index < -0.39 is 0 Å². The van der Waals surface area contributed by atoms with E-state index in [1.165, 1.54) is 5.57 Å². The molecule has 0 radical (unpaired) electrons. The van der Waals surface area contributed by atoms with Gasteiger partial charge in [-0.2, -0.15) is 0 Å². The van der Waals surface area contributed by atoms with Crippen molar-refractivity contribution in [1.29, 1.82) is 0 Å². The summed E-state index contributed by atoms with van der Waals surface area (Å²) in [4.78, 5) is 11.2. The van der Waals surface area contributed by atoms with Crippen molar-refractivity contribution in [2.24, 2.45) is 5.92 Å². The Morgan fingerprint density at radius 2 is 2.08 bits per heavy atom. The highest BCUT2D eigenvalue weighted by Gasteiger charge is 2.17. The highest BCUT2D eigenvalue weighted by molar-refractivity contribution is 5.98. The van der Waals surface area contributed by atoms with E-state index >= 15 is 0 Å². The fraction of sp³-hybridized carbons (Fsp3) is 0.545. The van der Waals surface area contributed by atoms with Gasteiger partial charge >= 0.3 is 0 Å². The predicted molar refractivity (Wildman–Crippen MR) is 50.9 cm³/mol. The van der Waals surface area contributed by atoms with Gasteiger partial charge in [-0.3, -0.25) is 4.79 Å². The van der Waals surface area contributed by atoms with E-state index in [-0.39, 0.29) is 5.78 Å². The molecule has 0 fully saturated rings. The maximum atomic E-state index is 11.2. The molecule has 0 aromatic rings. The third-order valence-electron chi connectivity index (χ3n) is 2.37. The molecule has 0 aromatic heterocycles. The van der Waals surface area contributed by atoms with Crippen molar-refractivity contribution in [2.75, 3.05) is 0 Å². The molecule has 1 unspecified atom stereocenters. The number of Topliss-reactive ketones (excluding diaryl/α,β-unsaturated/α-hetero) is 1. The van der Waals surface area contributed by atoms with E-state index in [0.717, 1.165) is 18.4 Å². The third-order valence-corrected chi connectivity index (χ3v) is 2.37. The van der Waals surface area contributed by atoms with E-state index in [0.29, 0.717) is 5.92 Å². The molecule has 1 atom stereocenters. The summed E-state index contributed by atoms with van der Waals surface area (Å²) in [6.45, 7) is 5.89. The number of allylic oxidation sites excluding steroid dienone is 4. The largest absolute Gasteiger partial charge is 0.295 e. The van der Waals surface area contributed by atoms with Crippen LogP contribution in [0.4, 0.5) is 0 Å². The van der Waals surface area contributed by atoms with Crippen LogP contribution in [-0.4, -0.2) is 5.78 Å². The fourth-order valence-electron chi connectivity index (χ4n) is 1.60. The van der Waals surface area contributed by atoms with Gasteiger partial charge in [-0.15, -0.1) is 0 Å². The van der Waals surface area contributed by atoms with Gasteiger partial charge in [-0.25, -0.2) is 0 Å². The lowest BCUT2D eigenvalue weighted by Gasteiger charge is -1.99. The molecule has 1 aliphatic rings. The Morgan fingerprint density at radius 3 is 2.42 bits per heavy atom. The van der Waals surface area contributed by atoms with Gasteiger partial charge in [0, 0.05) is 5.57 Å². The molecule has 0 spiro atoms. The minimum Gasteiger partial charge on any atom is -0.295 e. The van der Waals surface area contributed by atoms with E-state index in [1.54, 1.807) is 6.92 Å². The highest BCUT2D eigenvalue weighted by atomic mass is 16.1. The van der Waals surface area contributed by atoms with Crippen LogP contribution in [0.1, 0.15) is 33.6 Å². The second kappa shape index (κ2) is 3.70. The van der Waals surface area contributed by atoms with Crippen LogP contribution >= 0.6 is 0 Å². The monoisotopic (exact) mass is 164 g/mol. The smallest absolute Gasteiger partial charge is 0.159 e. The topological polar surface area (TPSA) is 17.1 Å². The first-order chi connectivity index (χ1) is 5.69. The Bertz CT molecular complexity index is 246. The Kier molecular flexibility index (Phi) is 2.85. The van der Waals surface area contributed by atoms with Crippen molar-refractivity contribution in [2.45, 2.75) is 33.6 Å². The number of carbonyl (C=O) groups is 1. The molecular weight excluding hydrogens is 148 g/mol. The second-order valence-electron chi connectivity index (χ2n) is 3.25. The van der Waals surface area contributed by atoms with Gasteiger partial charge in [0.1, 0.15) is 0 Å². The fourth-order valence-corrected chi connectivity index (χ4v) is 1.60. The molecule has 0 saturated carbocycles. The number of carbonyl (C=O) groups excluding carboxylic acids is 1. The molecule has 0 saturated heterocycles. The van der Waals surface area contributed by atoms with Crippen molar-refractivity contribution in [3.8, 4) is 0 Å². The van der Waals surface area contributed by atoms with Gasteiger partial charge in [0.2, 0.25) is 0 Å². The molecule has 1 nitrogen and oxygen atoms in total. The van der Waals surface area contributed by atoms with E-state index in [1.807, 2.05) is 0 Å². The lowest BCUT2D eigenvalue weighted by atomic mass is 10.0. The lowest BCUT2D eigenvalue weighted by Crippen LogP contribution is -1.96. The molecular formula is C11H16O. The Balaban J connectivity index is 2.86. The first-order valence-corrected chi connectivity index (χ1v) is 4.62. The maximum absolute atomic E-state index is 11.2. The molecule has 0 heterocycles. The van der Waals surface area contributed by atoms with Crippen LogP contribution in [0.15, 0.2) is 23.3 Å². The van der Waals surface area contributed by atoms with Crippen LogP contribution in [-0.2, 0) is 4.79 Å². The van der Waals surface area contributed by atoms with Gasteiger partial charge in [0.25, 0.3) is 0 Å². The molecule has 66 valence electrons. The molecule has 0 amide bonds. The second-order valence-corrected chi connectivity index (χ2v) is 3.25. The minimum absolute atomic E-state index is 0.207. The van der Waals surface area contributed by atoms with Gasteiger partial charge in [-0.05, 0) is 31.3 Å². The van der Waals surface area contributed by atoms with Crippen LogP contribution < -0.4 is 0 Å². The predicted octanol–water partition coefficient (Wildman–Crippen LogP) is 2.88. The molecule has 0 aromatic carbocycles. The number of hydrogen-bond acceptors (Lipinski definition) is 1. The summed E-state index contributed by atoms with van der Waals surface area (Å²) in [5.74, 6) is 0.706. The zero-order chi connectivity index (χ0) is 9.14. The normalized spacial score (nSPS) is 22.1. The standard InChI is InChI=1S/C11H16O/c1-4-9-6-10(5-2)11(7-9)8(3)12/h6-7,9H,4-5H2,1-3H3. The molecule has 1 heteroatoms. The molecule has 0 N–H and O–H groups in total. The first kappa shape index (κ1) is 9.24. The summed E-state index contributed by atoms with van der Waals surface area (Å²) in [5, 5.41) is 0. The summed E-state index contributed by atoms with van der Waals surface area (Å²) >= 11 is 0. The zero-order valence-electron chi connectivity index (χ0n) is 8.05. The van der Waals surface area contributed by atoms with Gasteiger partial charge in [-0.1, -0.05) is 26.0 Å². The Hall–Kier alpha value is -0.850. The molecule has 1 aliphatic carbocycles.